The first-order valence-electron chi connectivity index (χ1n) is 27.3. The average Bonchev–Trinajstić information content (AvgIpc) is 4.13. The van der Waals surface area contributed by atoms with Crippen molar-refractivity contribution in [3.8, 4) is 34.2 Å². The van der Waals surface area contributed by atoms with Gasteiger partial charge in [0.2, 0.25) is 5.91 Å². The maximum atomic E-state index is 15.2. The Balaban J connectivity index is 1.16. The summed E-state index contributed by atoms with van der Waals surface area (Å²) >= 11 is 0. The Morgan fingerprint density at radius 1 is 1.04 bits per heavy atom. The first-order chi connectivity index (χ1) is 36.2. The average molecular weight is 1040 g/mol. The Hall–Kier alpha value is -5.96. The molecule has 16 heteroatoms. The number of carbonyl (C=O) groups is 5. The number of carbonyl (C=O) groups excluding carboxylic acids is 5. The Kier molecular flexibility index (Phi) is 17.3. The van der Waals surface area contributed by atoms with E-state index in [-0.39, 0.29) is 50.6 Å². The number of hydrogen-bond acceptors (Lipinski definition) is 11. The number of nitrogens with one attached hydrogen (secondary N) is 2. The molecule has 3 fully saturated rings. The number of fused-ring (bicyclic) bond motifs is 6. The van der Waals surface area contributed by atoms with Crippen LogP contribution in [0.1, 0.15) is 103 Å². The zero-order valence-corrected chi connectivity index (χ0v) is 46.4. The highest BCUT2D eigenvalue weighted by Crippen LogP contribution is 2.42. The van der Waals surface area contributed by atoms with Crippen molar-refractivity contribution in [1.29, 1.82) is 0 Å². The van der Waals surface area contributed by atoms with Crippen LogP contribution in [0.15, 0.2) is 60.8 Å². The standard InChI is InChI=1S/C60H80N8O8/c1-11-67-50-24-23-45-31-47(50)48(54(67)46-21-15-27-61-52(46)41(4)75-10)32-58(5,6)37-76-38-59(36-69)26-16-28-68(63-59)56(72)49(30-42-17-14-20-44(45)29-42)62-55(71)53(43-18-12-13-19-43)65(9)57(73)60(74)35-66(34-40(60)3)51(70)25-22-39(2)33-64(7)8/h14-15,17,20-21,23-24,27,29,31,36,39-41,43,49,53,63,74H,11-13,16,18-19,26,28,30,32-35,37-38H2,1-10H3,(H,62,71)/t39?,40-,41-,49-,53-,59?,60+/m0/s1. The number of pyridine rings is 1. The van der Waals surface area contributed by atoms with Gasteiger partial charge in [-0.25, -0.2) is 5.43 Å². The number of nitrogens with zero attached hydrogens (tertiary/aromatic N) is 6. The van der Waals surface area contributed by atoms with Crippen LogP contribution in [0.5, 0.6) is 0 Å². The molecular weight excluding hydrogens is 961 g/mol. The summed E-state index contributed by atoms with van der Waals surface area (Å²) in [5.74, 6) is 2.69. The van der Waals surface area contributed by atoms with Crippen LogP contribution in [0, 0.1) is 35.0 Å². The van der Waals surface area contributed by atoms with Crippen LogP contribution in [-0.4, -0.2) is 155 Å². The van der Waals surface area contributed by atoms with E-state index >= 15 is 9.59 Å². The number of benzene rings is 2. The van der Waals surface area contributed by atoms with Gasteiger partial charge >= 0.3 is 0 Å². The third-order valence-corrected chi connectivity index (χ3v) is 16.3. The molecule has 408 valence electrons. The number of likely N-dealkylation sites (tertiary alicyclic amines) is 1. The number of hydrazine groups is 1. The third kappa shape index (κ3) is 11.8. The molecule has 3 N–H and O–H groups in total. The number of likely N-dealkylation sites (N-methyl/N-ethyl adjacent to an activating group) is 1. The molecule has 2 aromatic heterocycles. The van der Waals surface area contributed by atoms with Gasteiger partial charge in [0.25, 0.3) is 17.7 Å². The van der Waals surface area contributed by atoms with Gasteiger partial charge < -0.3 is 44.0 Å². The molecule has 0 radical (unpaired) electrons. The van der Waals surface area contributed by atoms with Crippen molar-refractivity contribution in [2.75, 3.05) is 67.6 Å². The third-order valence-electron chi connectivity index (χ3n) is 16.3. The van der Waals surface area contributed by atoms with Gasteiger partial charge in [0.1, 0.15) is 23.9 Å². The van der Waals surface area contributed by atoms with Crippen LogP contribution < -0.4 is 10.7 Å². The highest BCUT2D eigenvalue weighted by molar-refractivity contribution is 5.98. The summed E-state index contributed by atoms with van der Waals surface area (Å²) < 4.78 is 14.8. The normalized spacial score (nSPS) is 24.3. The minimum atomic E-state index is -1.98. The molecule has 1 aliphatic carbocycles. The number of aromatic nitrogens is 2. The molecule has 4 amide bonds. The molecule has 5 heterocycles. The summed E-state index contributed by atoms with van der Waals surface area (Å²) in [6.45, 7) is 14.0. The minimum Gasteiger partial charge on any atom is -0.378 e. The molecule has 1 saturated carbocycles. The number of aliphatic hydroxyl groups is 1. The molecule has 4 aliphatic rings. The van der Waals surface area contributed by atoms with Crippen LogP contribution >= 0.6 is 0 Å². The van der Waals surface area contributed by atoms with E-state index in [1.807, 2.05) is 51.0 Å². The molecular formula is C60H80N8O8. The van der Waals surface area contributed by atoms with E-state index in [4.69, 9.17) is 14.5 Å². The molecule has 2 aromatic carbocycles. The monoisotopic (exact) mass is 1040 g/mol. The number of methoxy groups -OCH3 is 1. The Morgan fingerprint density at radius 3 is 2.50 bits per heavy atom. The number of aryl methyl sites for hydroxylation is 1. The van der Waals surface area contributed by atoms with Gasteiger partial charge in [-0.2, -0.15) is 0 Å². The lowest BCUT2D eigenvalue weighted by molar-refractivity contribution is -0.159. The van der Waals surface area contributed by atoms with Crippen molar-refractivity contribution in [3.05, 3.63) is 77.6 Å². The molecule has 2 saturated heterocycles. The summed E-state index contributed by atoms with van der Waals surface area (Å²) in [6.07, 6.45) is 7.13. The molecule has 2 unspecified atom stereocenters. The van der Waals surface area contributed by atoms with Crippen LogP contribution in [0.2, 0.25) is 0 Å². The van der Waals surface area contributed by atoms with Crippen molar-refractivity contribution in [1.82, 2.24) is 40.0 Å². The van der Waals surface area contributed by atoms with Gasteiger partial charge in [0, 0.05) is 81.3 Å². The van der Waals surface area contributed by atoms with Crippen LogP contribution in [0.3, 0.4) is 0 Å². The number of ether oxygens (including phenoxy) is 2. The highest BCUT2D eigenvalue weighted by Gasteiger charge is 2.53. The Labute approximate surface area is 449 Å². The second kappa shape index (κ2) is 23.3. The smallest absolute Gasteiger partial charge is 0.298 e. The van der Waals surface area contributed by atoms with Gasteiger partial charge in [-0.1, -0.05) is 76.8 Å². The lowest BCUT2D eigenvalue weighted by atomic mass is 9.84. The molecule has 6 bridgehead atoms. The maximum Gasteiger partial charge on any atom is 0.298 e. The second-order valence-corrected chi connectivity index (χ2v) is 23.2. The first-order valence-corrected chi connectivity index (χ1v) is 27.3. The number of hydrogen-bond donors (Lipinski definition) is 3. The predicted octanol–water partition coefficient (Wildman–Crippen LogP) is 6.22. The van der Waals surface area contributed by atoms with E-state index in [9.17, 15) is 19.5 Å². The van der Waals surface area contributed by atoms with Crippen molar-refractivity contribution >= 4 is 40.8 Å². The lowest BCUT2D eigenvalue weighted by Gasteiger charge is -2.42. The van der Waals surface area contributed by atoms with E-state index in [1.165, 1.54) is 14.8 Å². The highest BCUT2D eigenvalue weighted by atomic mass is 16.5. The Morgan fingerprint density at radius 2 is 1.79 bits per heavy atom. The van der Waals surface area contributed by atoms with Crippen molar-refractivity contribution in [2.24, 2.45) is 23.2 Å². The van der Waals surface area contributed by atoms with E-state index < -0.39 is 58.2 Å². The summed E-state index contributed by atoms with van der Waals surface area (Å²) in [6, 6.07) is 16.5. The van der Waals surface area contributed by atoms with E-state index in [0.29, 0.717) is 51.8 Å². The number of rotatable bonds is 12. The van der Waals surface area contributed by atoms with Crippen LogP contribution in [0.4, 0.5) is 0 Å². The van der Waals surface area contributed by atoms with Gasteiger partial charge in [0.05, 0.1) is 37.3 Å². The fourth-order valence-electron chi connectivity index (χ4n) is 12.3. The van der Waals surface area contributed by atoms with Gasteiger partial charge in [-0.05, 0) is 124 Å². The quantitative estimate of drug-likeness (QED) is 0.109. The summed E-state index contributed by atoms with van der Waals surface area (Å²) in [4.78, 5) is 81.3. The fraction of sp³-hybridized carbons (Fsp3) is 0.567. The summed E-state index contributed by atoms with van der Waals surface area (Å²) in [5.41, 5.74) is 7.50. The summed E-state index contributed by atoms with van der Waals surface area (Å²) in [7, 11) is 7.11. The number of amides is 4. The summed E-state index contributed by atoms with van der Waals surface area (Å²) in [5, 5.41) is 17.9. The molecule has 4 aromatic rings. The van der Waals surface area contributed by atoms with E-state index in [1.54, 1.807) is 27.3 Å². The minimum absolute atomic E-state index is 0.0117. The fourth-order valence-corrected chi connectivity index (χ4v) is 12.3. The zero-order chi connectivity index (χ0) is 54.7. The lowest BCUT2D eigenvalue weighted by Crippen LogP contribution is -2.67. The largest absolute Gasteiger partial charge is 0.378 e. The molecule has 3 aliphatic heterocycles. The molecule has 0 spiro atoms. The SMILES string of the molecule is CCn1c(-c2cccnc2[C@H](C)OC)c2c3cc(ccc31)-c1cccc(c1)C[C@H](NC(=O)[C@H](C1CCCC1)N(C)C(=O)[C@@]1(O)CN(C(=O)C#CC(C)CN(C)C)C[C@@H]1C)C(=O)N1CCCC(C=O)(COCC(C)(C)C2)N1. The van der Waals surface area contributed by atoms with Crippen LogP contribution in [0.25, 0.3) is 33.3 Å². The van der Waals surface area contributed by atoms with E-state index in [2.05, 4.69) is 84.3 Å². The van der Waals surface area contributed by atoms with Crippen molar-refractivity contribution in [2.45, 2.75) is 129 Å². The number of β-amino-alcohol motifs (C(OH)–C–C–N with tert-alkyl or cyclic N) is 1. The number of aldehydes is 1. The Bertz CT molecular complexity index is 2860. The topological polar surface area (TPSA) is 179 Å². The first kappa shape index (κ1) is 56.2. The molecule has 8 rings (SSSR count). The zero-order valence-electron chi connectivity index (χ0n) is 46.4. The molecule has 7 atom stereocenters. The van der Waals surface area contributed by atoms with Crippen molar-refractivity contribution < 1.29 is 38.6 Å². The second-order valence-electron chi connectivity index (χ2n) is 23.2. The van der Waals surface area contributed by atoms with Gasteiger partial charge in [0.15, 0.2) is 5.60 Å². The van der Waals surface area contributed by atoms with Gasteiger partial charge in [-0.15, -0.1) is 0 Å². The maximum absolute atomic E-state index is 15.2. The van der Waals surface area contributed by atoms with Gasteiger partial charge in [-0.3, -0.25) is 29.2 Å². The van der Waals surface area contributed by atoms with E-state index in [0.717, 1.165) is 69.2 Å². The molecule has 76 heavy (non-hydrogen) atoms. The predicted molar refractivity (Wildman–Crippen MR) is 293 cm³/mol. The van der Waals surface area contributed by atoms with Crippen LogP contribution in [-0.2, 0) is 52.8 Å². The van der Waals surface area contributed by atoms with Crippen molar-refractivity contribution in [3.63, 3.8) is 0 Å². The molecule has 16 nitrogen and oxygen atoms in total.